The quantitative estimate of drug-likeness (QED) is 0.697. The number of fused-ring (bicyclic) bond motifs is 1. The fourth-order valence-corrected chi connectivity index (χ4v) is 4.95. The van der Waals surface area contributed by atoms with Crippen molar-refractivity contribution >= 4 is 33.1 Å². The van der Waals surface area contributed by atoms with Crippen molar-refractivity contribution in [2.45, 2.75) is 43.4 Å². The second-order valence-electron chi connectivity index (χ2n) is 6.16. The van der Waals surface area contributed by atoms with Crippen LogP contribution in [0, 0.1) is 13.8 Å². The topological polar surface area (TPSA) is 102 Å². The van der Waals surface area contributed by atoms with Gasteiger partial charge in [-0.1, -0.05) is 24.6 Å². The first kappa shape index (κ1) is 19.3. The lowest BCUT2D eigenvalue weighted by Gasteiger charge is -2.10. The molecule has 142 valence electrons. The average Bonchev–Trinajstić information content (AvgIpc) is 2.97. The minimum Gasteiger partial charge on any atom is -0.481 e. The summed E-state index contributed by atoms with van der Waals surface area (Å²) in [5, 5.41) is 13.8. The van der Waals surface area contributed by atoms with Crippen LogP contribution < -0.4 is 0 Å². The fourth-order valence-electron chi connectivity index (χ4n) is 3.05. The molecule has 0 saturated carbocycles. The van der Waals surface area contributed by atoms with Crippen molar-refractivity contribution in [2.75, 3.05) is 0 Å². The van der Waals surface area contributed by atoms with E-state index in [-0.39, 0.29) is 21.9 Å². The molecule has 0 saturated heterocycles. The van der Waals surface area contributed by atoms with Crippen LogP contribution in [0.2, 0.25) is 5.02 Å². The van der Waals surface area contributed by atoms with E-state index in [1.54, 1.807) is 32.9 Å². The number of hydrogen-bond acceptors (Lipinski definition) is 5. The number of carboxylic acid groups (broad SMARTS) is 1. The van der Waals surface area contributed by atoms with Gasteiger partial charge in [-0.15, -0.1) is 0 Å². The van der Waals surface area contributed by atoms with Crippen LogP contribution in [-0.4, -0.2) is 34.1 Å². The minimum atomic E-state index is -3.90. The Morgan fingerprint density at radius 2 is 2.00 bits per heavy atom. The Hall–Kier alpha value is -2.45. The highest BCUT2D eigenvalue weighted by atomic mass is 35.5. The molecule has 2 heterocycles. The van der Waals surface area contributed by atoms with Gasteiger partial charge in [0.1, 0.15) is 4.90 Å². The maximum absolute atomic E-state index is 13.3. The van der Waals surface area contributed by atoms with Crippen LogP contribution >= 0.6 is 11.6 Å². The number of benzene rings is 1. The van der Waals surface area contributed by atoms with E-state index in [4.69, 9.17) is 16.7 Å². The monoisotopic (exact) mass is 407 g/mol. The lowest BCUT2D eigenvalue weighted by molar-refractivity contribution is -0.136. The number of aromatic nitrogens is 3. The molecule has 3 aromatic rings. The van der Waals surface area contributed by atoms with Gasteiger partial charge in [-0.25, -0.2) is 17.9 Å². The number of hydrogen-bond donors (Lipinski definition) is 1. The van der Waals surface area contributed by atoms with Crippen LogP contribution in [0.15, 0.2) is 34.1 Å². The zero-order valence-electron chi connectivity index (χ0n) is 15.0. The van der Waals surface area contributed by atoms with E-state index in [9.17, 15) is 13.2 Å². The third kappa shape index (κ3) is 3.30. The Labute approximate surface area is 161 Å². The predicted molar refractivity (Wildman–Crippen MR) is 100 cm³/mol. The van der Waals surface area contributed by atoms with Crippen LogP contribution in [0.25, 0.3) is 5.65 Å². The molecule has 0 bridgehead atoms. The standard InChI is InChI=1S/C18H18ClN3O4S/c1-4-15-17(27(25,26)13-7-5-6-12(19)8-13)18-20-10(2)14(9-16(23)24)11(3)22(18)21-15/h5-8H,4,9H2,1-3H3,(H,23,24). The Balaban J connectivity index is 2.35. The van der Waals surface area contributed by atoms with Crippen molar-refractivity contribution in [3.63, 3.8) is 0 Å². The first-order valence-electron chi connectivity index (χ1n) is 8.27. The number of aliphatic carboxylic acids is 1. The molecule has 0 aliphatic rings. The highest BCUT2D eigenvalue weighted by Crippen LogP contribution is 2.30. The number of carboxylic acids is 1. The Kier molecular flexibility index (Phi) is 4.96. The number of sulfone groups is 1. The van der Waals surface area contributed by atoms with E-state index in [2.05, 4.69) is 10.1 Å². The summed E-state index contributed by atoms with van der Waals surface area (Å²) < 4.78 is 28.0. The van der Waals surface area contributed by atoms with Gasteiger partial charge < -0.3 is 5.11 Å². The summed E-state index contributed by atoms with van der Waals surface area (Å²) >= 11 is 5.97. The van der Waals surface area contributed by atoms with Crippen molar-refractivity contribution < 1.29 is 18.3 Å². The lowest BCUT2D eigenvalue weighted by Crippen LogP contribution is -2.11. The number of rotatable bonds is 5. The summed E-state index contributed by atoms with van der Waals surface area (Å²) in [7, 11) is -3.90. The molecular formula is C18H18ClN3O4S. The fraction of sp³-hybridized carbons (Fsp3) is 0.278. The largest absolute Gasteiger partial charge is 0.481 e. The first-order valence-corrected chi connectivity index (χ1v) is 10.1. The molecule has 9 heteroatoms. The number of halogens is 1. The molecule has 0 fully saturated rings. The van der Waals surface area contributed by atoms with Crippen molar-refractivity contribution in [1.82, 2.24) is 14.6 Å². The van der Waals surface area contributed by atoms with E-state index in [1.165, 1.54) is 16.6 Å². The van der Waals surface area contributed by atoms with Gasteiger partial charge in [-0.2, -0.15) is 5.10 Å². The summed E-state index contributed by atoms with van der Waals surface area (Å²) in [5.74, 6) is -0.989. The van der Waals surface area contributed by atoms with E-state index in [1.807, 2.05) is 0 Å². The molecule has 27 heavy (non-hydrogen) atoms. The zero-order valence-corrected chi connectivity index (χ0v) is 16.6. The molecule has 0 aliphatic heterocycles. The maximum atomic E-state index is 13.3. The summed E-state index contributed by atoms with van der Waals surface area (Å²) in [5.41, 5.74) is 2.11. The summed E-state index contributed by atoms with van der Waals surface area (Å²) in [6.45, 7) is 5.18. The minimum absolute atomic E-state index is 0.0281. The first-order chi connectivity index (χ1) is 12.7. The van der Waals surface area contributed by atoms with E-state index in [0.29, 0.717) is 34.1 Å². The van der Waals surface area contributed by atoms with Crippen LogP contribution in [0.1, 0.15) is 29.6 Å². The highest BCUT2D eigenvalue weighted by Gasteiger charge is 2.29. The van der Waals surface area contributed by atoms with Gasteiger partial charge in [0.2, 0.25) is 9.84 Å². The molecule has 0 spiro atoms. The third-order valence-electron chi connectivity index (χ3n) is 4.39. The van der Waals surface area contributed by atoms with Gasteiger partial charge in [-0.05, 0) is 38.5 Å². The third-order valence-corrected chi connectivity index (χ3v) is 6.45. The second-order valence-corrected chi connectivity index (χ2v) is 8.48. The van der Waals surface area contributed by atoms with Gasteiger partial charge in [0.05, 0.1) is 17.0 Å². The average molecular weight is 408 g/mol. The van der Waals surface area contributed by atoms with Crippen molar-refractivity contribution in [2.24, 2.45) is 0 Å². The molecule has 0 unspecified atom stereocenters. The molecule has 1 aromatic carbocycles. The van der Waals surface area contributed by atoms with E-state index >= 15 is 0 Å². The highest BCUT2D eigenvalue weighted by molar-refractivity contribution is 7.91. The van der Waals surface area contributed by atoms with Gasteiger partial charge >= 0.3 is 5.97 Å². The summed E-state index contributed by atoms with van der Waals surface area (Å²) in [6, 6.07) is 6.03. The molecule has 2 aromatic heterocycles. The molecule has 7 nitrogen and oxygen atoms in total. The van der Waals surface area contributed by atoms with E-state index < -0.39 is 15.8 Å². The summed E-state index contributed by atoms with van der Waals surface area (Å²) in [4.78, 5) is 15.6. The molecule has 0 aliphatic carbocycles. The smallest absolute Gasteiger partial charge is 0.307 e. The molecule has 0 amide bonds. The van der Waals surface area contributed by atoms with E-state index in [0.717, 1.165) is 0 Å². The molecule has 0 radical (unpaired) electrons. The van der Waals surface area contributed by atoms with Gasteiger partial charge in [0, 0.05) is 22.0 Å². The van der Waals surface area contributed by atoms with Crippen LogP contribution in [0.4, 0.5) is 0 Å². The van der Waals surface area contributed by atoms with Crippen molar-refractivity contribution in [1.29, 1.82) is 0 Å². The van der Waals surface area contributed by atoms with Crippen molar-refractivity contribution in [3.8, 4) is 0 Å². The van der Waals surface area contributed by atoms with Crippen molar-refractivity contribution in [3.05, 3.63) is 51.9 Å². The second kappa shape index (κ2) is 6.94. The SMILES string of the molecule is CCc1nn2c(C)c(CC(=O)O)c(C)nc2c1S(=O)(=O)c1cccc(Cl)c1. The van der Waals surface area contributed by atoms with Crippen LogP contribution in [-0.2, 0) is 27.5 Å². The number of nitrogens with zero attached hydrogens (tertiary/aromatic N) is 3. The van der Waals surface area contributed by atoms with Gasteiger partial charge in [-0.3, -0.25) is 4.79 Å². The Morgan fingerprint density at radius 3 is 2.59 bits per heavy atom. The van der Waals surface area contributed by atoms with Crippen LogP contribution in [0.3, 0.4) is 0 Å². The molecule has 1 N–H and O–H groups in total. The predicted octanol–water partition coefficient (Wildman–Crippen LogP) is 3.02. The summed E-state index contributed by atoms with van der Waals surface area (Å²) in [6.07, 6.45) is 0.170. The van der Waals surface area contributed by atoms with Gasteiger partial charge in [0.15, 0.2) is 5.65 Å². The van der Waals surface area contributed by atoms with Crippen LogP contribution in [0.5, 0.6) is 0 Å². The Morgan fingerprint density at radius 1 is 1.30 bits per heavy atom. The zero-order chi connectivity index (χ0) is 19.9. The maximum Gasteiger partial charge on any atom is 0.307 e. The normalized spacial score (nSPS) is 11.9. The lowest BCUT2D eigenvalue weighted by atomic mass is 10.1. The number of carbonyl (C=O) groups is 1. The molecular weight excluding hydrogens is 390 g/mol. The number of aryl methyl sites for hydroxylation is 3. The molecule has 3 rings (SSSR count). The van der Waals surface area contributed by atoms with Gasteiger partial charge in [0.25, 0.3) is 0 Å². The Bertz CT molecular complexity index is 1170. The molecule has 0 atom stereocenters.